The molecule has 23 heavy (non-hydrogen) atoms. The first-order valence-corrected chi connectivity index (χ1v) is 9.31. The second-order valence-corrected chi connectivity index (χ2v) is 7.87. The molecule has 4 nitrogen and oxygen atoms in total. The minimum Gasteiger partial charge on any atom is -0.352 e. The van der Waals surface area contributed by atoms with Gasteiger partial charge in [0.05, 0.1) is 16.4 Å². The summed E-state index contributed by atoms with van der Waals surface area (Å²) in [5.74, 6) is 2.45. The molecule has 0 saturated heterocycles. The van der Waals surface area contributed by atoms with Crippen LogP contribution in [0.1, 0.15) is 63.4 Å². The van der Waals surface area contributed by atoms with E-state index in [2.05, 4.69) is 17.3 Å². The van der Waals surface area contributed by atoms with Gasteiger partial charge in [0.25, 0.3) is 0 Å². The van der Waals surface area contributed by atoms with E-state index in [1.165, 1.54) is 25.7 Å². The van der Waals surface area contributed by atoms with Gasteiger partial charge in [0, 0.05) is 6.04 Å². The van der Waals surface area contributed by atoms with Crippen molar-refractivity contribution in [2.75, 3.05) is 0 Å². The summed E-state index contributed by atoms with van der Waals surface area (Å²) in [6.07, 6.45) is 6.11. The second kappa shape index (κ2) is 6.46. The Morgan fingerprint density at radius 1 is 1.39 bits per heavy atom. The fourth-order valence-corrected chi connectivity index (χ4v) is 4.87. The Morgan fingerprint density at radius 3 is 2.61 bits per heavy atom. The first kappa shape index (κ1) is 16.8. The van der Waals surface area contributed by atoms with Gasteiger partial charge in [0.2, 0.25) is 5.91 Å². The Balaban J connectivity index is 1.69. The van der Waals surface area contributed by atoms with Crippen molar-refractivity contribution in [3.63, 3.8) is 0 Å². The zero-order valence-corrected chi connectivity index (χ0v) is 15.4. The van der Waals surface area contributed by atoms with Crippen molar-refractivity contribution in [3.8, 4) is 0 Å². The average molecular weight is 338 g/mol. The maximum Gasteiger partial charge on any atom is 0.245 e. The highest BCUT2D eigenvalue weighted by Gasteiger charge is 2.42. The number of halogens is 1. The van der Waals surface area contributed by atoms with Crippen molar-refractivity contribution in [2.45, 2.75) is 71.9 Å². The molecule has 2 fully saturated rings. The Morgan fingerprint density at radius 2 is 2.13 bits per heavy atom. The summed E-state index contributed by atoms with van der Waals surface area (Å²) in [5, 5.41) is 8.40. The van der Waals surface area contributed by atoms with Gasteiger partial charge in [-0.1, -0.05) is 24.9 Å². The molecule has 1 N–H and O–H groups in total. The molecule has 2 bridgehead atoms. The summed E-state index contributed by atoms with van der Waals surface area (Å²) >= 11 is 6.24. The molecule has 5 atom stereocenters. The zero-order chi connectivity index (χ0) is 16.7. The molecule has 0 radical (unpaired) electrons. The first-order valence-electron chi connectivity index (χ1n) is 8.93. The summed E-state index contributed by atoms with van der Waals surface area (Å²) in [4.78, 5) is 12.8. The van der Waals surface area contributed by atoms with E-state index in [0.29, 0.717) is 17.4 Å². The quantitative estimate of drug-likeness (QED) is 0.881. The topological polar surface area (TPSA) is 46.9 Å². The van der Waals surface area contributed by atoms with Crippen LogP contribution in [0.3, 0.4) is 0 Å². The third-order valence-corrected chi connectivity index (χ3v) is 6.57. The van der Waals surface area contributed by atoms with Crippen molar-refractivity contribution in [1.82, 2.24) is 15.1 Å². The maximum absolute atomic E-state index is 12.8. The normalized spacial score (nSPS) is 28.8. The number of hydrogen-bond acceptors (Lipinski definition) is 2. The fraction of sp³-hybridized carbons (Fsp3) is 0.778. The molecular weight excluding hydrogens is 310 g/mol. The molecular formula is C18H28ClN3O. The summed E-state index contributed by atoms with van der Waals surface area (Å²) in [7, 11) is 0. The van der Waals surface area contributed by atoms with Gasteiger partial charge in [0.15, 0.2) is 0 Å². The van der Waals surface area contributed by atoms with Gasteiger partial charge in [-0.2, -0.15) is 5.10 Å². The lowest BCUT2D eigenvalue weighted by molar-refractivity contribution is -0.125. The van der Waals surface area contributed by atoms with Crippen molar-refractivity contribution < 1.29 is 4.79 Å². The van der Waals surface area contributed by atoms with Crippen molar-refractivity contribution in [1.29, 1.82) is 0 Å². The van der Waals surface area contributed by atoms with E-state index in [9.17, 15) is 4.79 Å². The van der Waals surface area contributed by atoms with Crippen LogP contribution in [0.15, 0.2) is 0 Å². The average Bonchev–Trinajstić information content (AvgIpc) is 3.20. The third-order valence-electron chi connectivity index (χ3n) is 6.03. The van der Waals surface area contributed by atoms with Gasteiger partial charge in [-0.15, -0.1) is 0 Å². The Labute approximate surface area is 144 Å². The van der Waals surface area contributed by atoms with Crippen molar-refractivity contribution in [3.05, 3.63) is 16.4 Å². The molecule has 1 aromatic rings. The Kier molecular flexibility index (Phi) is 4.73. The summed E-state index contributed by atoms with van der Waals surface area (Å²) in [6, 6.07) is -0.0264. The van der Waals surface area contributed by atoms with Crippen molar-refractivity contribution >= 4 is 17.5 Å². The van der Waals surface area contributed by atoms with E-state index in [4.69, 9.17) is 11.6 Å². The summed E-state index contributed by atoms with van der Waals surface area (Å²) in [6.45, 7) is 8.01. The van der Waals surface area contributed by atoms with Gasteiger partial charge in [0.1, 0.15) is 6.04 Å². The van der Waals surface area contributed by atoms with Gasteiger partial charge in [-0.3, -0.25) is 9.48 Å². The van der Waals surface area contributed by atoms with E-state index in [-0.39, 0.29) is 18.0 Å². The number of nitrogens with one attached hydrogen (secondary N) is 1. The van der Waals surface area contributed by atoms with Crippen LogP contribution in [-0.4, -0.2) is 21.7 Å². The van der Waals surface area contributed by atoms with E-state index >= 15 is 0 Å². The summed E-state index contributed by atoms with van der Waals surface area (Å²) in [5.41, 5.74) is 1.66. The molecule has 1 heterocycles. The molecule has 0 aromatic carbocycles. The fourth-order valence-electron chi connectivity index (χ4n) is 4.75. The van der Waals surface area contributed by atoms with E-state index in [1.54, 1.807) is 4.68 Å². The number of hydrogen-bond donors (Lipinski definition) is 1. The number of rotatable bonds is 5. The van der Waals surface area contributed by atoms with Crippen LogP contribution >= 0.6 is 11.6 Å². The lowest BCUT2D eigenvalue weighted by Crippen LogP contribution is -2.43. The molecule has 128 valence electrons. The molecule has 3 rings (SSSR count). The highest BCUT2D eigenvalue weighted by molar-refractivity contribution is 6.31. The lowest BCUT2D eigenvalue weighted by Gasteiger charge is -2.30. The number of aromatic nitrogens is 2. The van der Waals surface area contributed by atoms with E-state index in [0.717, 1.165) is 23.2 Å². The van der Waals surface area contributed by atoms with Crippen molar-refractivity contribution in [2.24, 2.45) is 17.8 Å². The van der Waals surface area contributed by atoms with Crippen LogP contribution in [-0.2, 0) is 4.79 Å². The predicted molar refractivity (Wildman–Crippen MR) is 92.6 cm³/mol. The smallest absolute Gasteiger partial charge is 0.245 e. The van der Waals surface area contributed by atoms with Crippen LogP contribution in [0.4, 0.5) is 0 Å². The largest absolute Gasteiger partial charge is 0.352 e. The molecule has 2 saturated carbocycles. The van der Waals surface area contributed by atoms with Crippen LogP contribution < -0.4 is 5.32 Å². The van der Waals surface area contributed by atoms with Gasteiger partial charge in [-0.25, -0.2) is 0 Å². The van der Waals surface area contributed by atoms with E-state index in [1.807, 2.05) is 20.8 Å². The highest BCUT2D eigenvalue weighted by atomic mass is 35.5. The van der Waals surface area contributed by atoms with Gasteiger partial charge < -0.3 is 5.32 Å². The van der Waals surface area contributed by atoms with E-state index < -0.39 is 0 Å². The number of amides is 1. The molecule has 2 aliphatic carbocycles. The molecule has 0 spiro atoms. The first-order chi connectivity index (χ1) is 10.9. The SMILES string of the molecule is CCC(C(=O)NC(C)C1CC2CCC1C2)n1nc(C)c(Cl)c1C. The number of aryl methyl sites for hydroxylation is 1. The number of carbonyl (C=O) groups excluding carboxylic acids is 1. The minimum absolute atomic E-state index is 0.0741. The Hall–Kier alpha value is -1.03. The maximum atomic E-state index is 12.8. The Bertz CT molecular complexity index is 597. The van der Waals surface area contributed by atoms with Gasteiger partial charge >= 0.3 is 0 Å². The molecule has 2 aliphatic rings. The molecule has 5 unspecified atom stereocenters. The zero-order valence-electron chi connectivity index (χ0n) is 14.6. The monoisotopic (exact) mass is 337 g/mol. The van der Waals surface area contributed by atoms with Crippen LogP contribution in [0.5, 0.6) is 0 Å². The number of carbonyl (C=O) groups is 1. The minimum atomic E-state index is -0.276. The summed E-state index contributed by atoms with van der Waals surface area (Å²) < 4.78 is 1.79. The molecule has 5 heteroatoms. The number of nitrogens with zero attached hydrogens (tertiary/aromatic N) is 2. The predicted octanol–water partition coefficient (Wildman–Crippen LogP) is 4.05. The third kappa shape index (κ3) is 3.02. The lowest BCUT2D eigenvalue weighted by atomic mass is 9.84. The van der Waals surface area contributed by atoms with Gasteiger partial charge in [-0.05, 0) is 64.2 Å². The molecule has 1 amide bonds. The van der Waals surface area contributed by atoms with Crippen LogP contribution in [0, 0.1) is 31.6 Å². The molecule has 1 aromatic heterocycles. The standard InChI is InChI=1S/C18H28ClN3O/c1-5-16(22-12(4)17(19)11(3)21-22)18(23)20-10(2)15-9-13-6-7-14(15)8-13/h10,13-16H,5-9H2,1-4H3,(H,20,23). The number of fused-ring (bicyclic) bond motifs is 2. The second-order valence-electron chi connectivity index (χ2n) is 7.49. The van der Waals surface area contributed by atoms with Crippen LogP contribution in [0.2, 0.25) is 5.02 Å². The van der Waals surface area contributed by atoms with Crippen LogP contribution in [0.25, 0.3) is 0 Å². The molecule has 0 aliphatic heterocycles. The highest BCUT2D eigenvalue weighted by Crippen LogP contribution is 2.49.